The van der Waals surface area contributed by atoms with Gasteiger partial charge in [0.05, 0.1) is 15.7 Å². The number of ether oxygens (including phenoxy) is 2. The second-order valence-corrected chi connectivity index (χ2v) is 5.28. The summed E-state index contributed by atoms with van der Waals surface area (Å²) in [6.07, 6.45) is 0. The van der Waals surface area contributed by atoms with Crippen LogP contribution in [0.25, 0.3) is 11.3 Å². The van der Waals surface area contributed by atoms with Crippen LogP contribution >= 0.6 is 15.9 Å². The lowest BCUT2D eigenvalue weighted by molar-refractivity contribution is 0.0507. The van der Waals surface area contributed by atoms with Gasteiger partial charge in [0, 0.05) is 25.8 Å². The molecule has 22 heavy (non-hydrogen) atoms. The summed E-state index contributed by atoms with van der Waals surface area (Å²) in [7, 11) is 1.41. The molecule has 0 atom stereocenters. The van der Waals surface area contributed by atoms with Crippen LogP contribution < -0.4 is 10.3 Å². The quantitative estimate of drug-likeness (QED) is 0.752. The standard InChI is InChI=1S/C15H14BrF2NO3/c1-3-19-13(5-4-10(16)15(19)20)14-11(17)6-9(7-12(14)18)22-8-21-2/h4-7H,3,8H2,1-2H3. The van der Waals surface area contributed by atoms with E-state index in [2.05, 4.69) is 20.7 Å². The highest BCUT2D eigenvalue weighted by Gasteiger charge is 2.18. The lowest BCUT2D eigenvalue weighted by Crippen LogP contribution is -2.21. The molecule has 1 heterocycles. The summed E-state index contributed by atoms with van der Waals surface area (Å²) < 4.78 is 39.9. The van der Waals surface area contributed by atoms with Crippen molar-refractivity contribution in [3.8, 4) is 17.0 Å². The molecule has 2 rings (SSSR count). The molecule has 4 nitrogen and oxygen atoms in total. The molecule has 0 aliphatic rings. The molecule has 0 aliphatic carbocycles. The van der Waals surface area contributed by atoms with Crippen LogP contribution in [0.3, 0.4) is 0 Å². The van der Waals surface area contributed by atoms with E-state index in [9.17, 15) is 13.6 Å². The molecule has 0 saturated carbocycles. The highest BCUT2D eigenvalue weighted by atomic mass is 79.9. The zero-order chi connectivity index (χ0) is 16.3. The van der Waals surface area contributed by atoms with E-state index in [0.717, 1.165) is 12.1 Å². The summed E-state index contributed by atoms with van der Waals surface area (Å²) in [6.45, 7) is 1.90. The predicted octanol–water partition coefficient (Wildman–Crippen LogP) is 3.56. The first-order valence-corrected chi connectivity index (χ1v) is 7.29. The van der Waals surface area contributed by atoms with Crippen molar-refractivity contribution in [2.75, 3.05) is 13.9 Å². The van der Waals surface area contributed by atoms with Gasteiger partial charge < -0.3 is 14.0 Å². The van der Waals surface area contributed by atoms with E-state index in [1.807, 2.05) is 0 Å². The highest BCUT2D eigenvalue weighted by molar-refractivity contribution is 9.10. The average Bonchev–Trinajstić information content (AvgIpc) is 2.48. The third kappa shape index (κ3) is 3.20. The van der Waals surface area contributed by atoms with Crippen molar-refractivity contribution in [2.24, 2.45) is 0 Å². The van der Waals surface area contributed by atoms with E-state index < -0.39 is 11.6 Å². The molecule has 0 bridgehead atoms. The van der Waals surface area contributed by atoms with Crippen LogP contribution in [0.15, 0.2) is 33.5 Å². The Kier molecular flexibility index (Phi) is 5.31. The summed E-state index contributed by atoms with van der Waals surface area (Å²) in [5.74, 6) is -1.60. The van der Waals surface area contributed by atoms with Gasteiger partial charge in [0.25, 0.3) is 5.56 Å². The van der Waals surface area contributed by atoms with Crippen LogP contribution in [0.4, 0.5) is 8.78 Å². The maximum atomic E-state index is 14.3. The van der Waals surface area contributed by atoms with Crippen molar-refractivity contribution in [1.29, 1.82) is 0 Å². The molecule has 0 amide bonds. The van der Waals surface area contributed by atoms with Gasteiger partial charge in [0.2, 0.25) is 0 Å². The smallest absolute Gasteiger partial charge is 0.265 e. The Morgan fingerprint density at radius 2 is 1.86 bits per heavy atom. The molecule has 0 spiro atoms. The van der Waals surface area contributed by atoms with Crippen molar-refractivity contribution < 1.29 is 18.3 Å². The van der Waals surface area contributed by atoms with E-state index in [0.29, 0.717) is 4.47 Å². The van der Waals surface area contributed by atoms with Crippen LogP contribution in [-0.2, 0) is 11.3 Å². The summed E-state index contributed by atoms with van der Waals surface area (Å²) in [5, 5.41) is 0. The molecule has 0 saturated heterocycles. The molecular weight excluding hydrogens is 360 g/mol. The Hall–Kier alpha value is -1.73. The largest absolute Gasteiger partial charge is 0.467 e. The molecule has 2 aromatic rings. The minimum absolute atomic E-state index is 0.0168. The second-order valence-electron chi connectivity index (χ2n) is 4.43. The monoisotopic (exact) mass is 373 g/mol. The lowest BCUT2D eigenvalue weighted by Gasteiger charge is -2.14. The fourth-order valence-corrected chi connectivity index (χ4v) is 2.44. The van der Waals surface area contributed by atoms with Gasteiger partial charge in [-0.3, -0.25) is 4.79 Å². The molecule has 0 fully saturated rings. The Morgan fingerprint density at radius 1 is 1.23 bits per heavy atom. The van der Waals surface area contributed by atoms with Gasteiger partial charge in [-0.25, -0.2) is 8.78 Å². The van der Waals surface area contributed by atoms with Gasteiger partial charge in [-0.15, -0.1) is 0 Å². The predicted molar refractivity (Wildman–Crippen MR) is 81.9 cm³/mol. The van der Waals surface area contributed by atoms with Crippen LogP contribution in [0.5, 0.6) is 5.75 Å². The number of hydrogen-bond acceptors (Lipinski definition) is 3. The normalized spacial score (nSPS) is 10.8. The first kappa shape index (κ1) is 16.6. The first-order chi connectivity index (χ1) is 10.5. The minimum atomic E-state index is -0.810. The zero-order valence-electron chi connectivity index (χ0n) is 12.0. The van der Waals surface area contributed by atoms with Crippen molar-refractivity contribution in [3.05, 3.63) is 50.7 Å². The summed E-state index contributed by atoms with van der Waals surface area (Å²) >= 11 is 3.12. The Balaban J connectivity index is 2.59. The molecule has 1 aromatic heterocycles. The number of hydrogen-bond donors (Lipinski definition) is 0. The van der Waals surface area contributed by atoms with Gasteiger partial charge in [0.1, 0.15) is 17.4 Å². The van der Waals surface area contributed by atoms with Crippen molar-refractivity contribution in [2.45, 2.75) is 13.5 Å². The maximum Gasteiger partial charge on any atom is 0.265 e. The number of nitrogens with zero attached hydrogens (tertiary/aromatic N) is 1. The van der Waals surface area contributed by atoms with Gasteiger partial charge in [0.15, 0.2) is 6.79 Å². The molecule has 1 aromatic carbocycles. The van der Waals surface area contributed by atoms with E-state index in [1.165, 1.54) is 23.8 Å². The van der Waals surface area contributed by atoms with E-state index in [-0.39, 0.29) is 35.9 Å². The molecule has 118 valence electrons. The summed E-state index contributed by atoms with van der Waals surface area (Å²) in [4.78, 5) is 12.1. The summed E-state index contributed by atoms with van der Waals surface area (Å²) in [5.41, 5.74) is -0.446. The van der Waals surface area contributed by atoms with E-state index >= 15 is 0 Å². The second kappa shape index (κ2) is 7.02. The van der Waals surface area contributed by atoms with Gasteiger partial charge in [-0.05, 0) is 35.0 Å². The molecule has 0 radical (unpaired) electrons. The van der Waals surface area contributed by atoms with Gasteiger partial charge >= 0.3 is 0 Å². The number of halogens is 3. The number of pyridine rings is 1. The number of benzene rings is 1. The molecule has 7 heteroatoms. The zero-order valence-corrected chi connectivity index (χ0v) is 13.6. The minimum Gasteiger partial charge on any atom is -0.467 e. The van der Waals surface area contributed by atoms with Crippen LogP contribution in [0, 0.1) is 11.6 Å². The van der Waals surface area contributed by atoms with Gasteiger partial charge in [-0.1, -0.05) is 0 Å². The molecule has 0 unspecified atom stereocenters. The number of aromatic nitrogens is 1. The van der Waals surface area contributed by atoms with Crippen LogP contribution in [0.2, 0.25) is 0 Å². The van der Waals surface area contributed by atoms with E-state index in [1.54, 1.807) is 6.92 Å². The SMILES string of the molecule is CCn1c(-c2c(F)cc(OCOC)cc2F)ccc(Br)c1=O. The first-order valence-electron chi connectivity index (χ1n) is 6.50. The Labute approximate surface area is 134 Å². The third-order valence-electron chi connectivity index (χ3n) is 3.06. The molecule has 0 N–H and O–H groups in total. The third-order valence-corrected chi connectivity index (χ3v) is 3.66. The van der Waals surface area contributed by atoms with Crippen molar-refractivity contribution in [3.63, 3.8) is 0 Å². The van der Waals surface area contributed by atoms with Crippen molar-refractivity contribution >= 4 is 15.9 Å². The lowest BCUT2D eigenvalue weighted by atomic mass is 10.1. The maximum absolute atomic E-state index is 14.3. The van der Waals surface area contributed by atoms with Crippen molar-refractivity contribution in [1.82, 2.24) is 4.57 Å². The van der Waals surface area contributed by atoms with Crippen LogP contribution in [-0.4, -0.2) is 18.5 Å². The van der Waals surface area contributed by atoms with Crippen LogP contribution in [0.1, 0.15) is 6.92 Å². The topological polar surface area (TPSA) is 40.5 Å². The average molecular weight is 374 g/mol. The van der Waals surface area contributed by atoms with E-state index in [4.69, 9.17) is 4.74 Å². The number of methoxy groups -OCH3 is 1. The molecule has 0 aliphatic heterocycles. The summed E-state index contributed by atoms with van der Waals surface area (Å²) in [6, 6.07) is 5.08. The fraction of sp³-hybridized carbons (Fsp3) is 0.267. The highest BCUT2D eigenvalue weighted by Crippen LogP contribution is 2.29. The fourth-order valence-electron chi connectivity index (χ4n) is 2.09. The number of rotatable bonds is 5. The molecular formula is C15H14BrF2NO3. The van der Waals surface area contributed by atoms with Gasteiger partial charge in [-0.2, -0.15) is 0 Å². The Morgan fingerprint density at radius 3 is 2.41 bits per heavy atom. The Bertz CT molecular complexity index is 723.